The lowest BCUT2D eigenvalue weighted by molar-refractivity contribution is 0.0746. The summed E-state index contributed by atoms with van der Waals surface area (Å²) >= 11 is 0. The van der Waals surface area contributed by atoms with Crippen molar-refractivity contribution in [2.45, 2.75) is 226 Å². The molecule has 3 aromatic rings. The summed E-state index contributed by atoms with van der Waals surface area (Å²) in [5.74, 6) is -0.0977. The minimum Gasteiger partial charge on any atom is -0.506 e. The van der Waals surface area contributed by atoms with E-state index in [0.29, 0.717) is 35.2 Å². The maximum absolute atomic E-state index is 14.4. The molecule has 1 amide bonds. The number of nitrogens with zero attached hydrogens (tertiary/aromatic N) is 3. The van der Waals surface area contributed by atoms with Crippen LogP contribution in [-0.4, -0.2) is 34.1 Å². The fraction of sp³-hybridized carbons (Fsp3) is 0.685. The SMILES string of the molecule is CCCCCCCCCCCCCCCCCCN(CCCCCCCCCCCCCCCCCC)C(=O)c1cc(/N=N/c2cc(C)ccc2O)c2ccccc2c1O. The molecule has 6 heteroatoms. The van der Waals surface area contributed by atoms with E-state index in [2.05, 4.69) is 24.1 Å². The molecule has 0 unspecified atom stereocenters. The van der Waals surface area contributed by atoms with E-state index in [1.807, 2.05) is 42.2 Å². The summed E-state index contributed by atoms with van der Waals surface area (Å²) in [6.07, 6.45) is 42.2. The summed E-state index contributed by atoms with van der Waals surface area (Å²) in [6.45, 7) is 7.90. The highest BCUT2D eigenvalue weighted by Crippen LogP contribution is 2.38. The number of unbranched alkanes of at least 4 members (excludes halogenated alkanes) is 30. The zero-order valence-corrected chi connectivity index (χ0v) is 38.8. The highest BCUT2D eigenvalue weighted by molar-refractivity contribution is 6.07. The second kappa shape index (κ2) is 33.2. The van der Waals surface area contributed by atoms with Gasteiger partial charge in [-0.05, 0) is 43.5 Å². The first-order valence-corrected chi connectivity index (χ1v) is 25.2. The predicted octanol–water partition coefficient (Wildman–Crippen LogP) is 17.9. The van der Waals surface area contributed by atoms with Gasteiger partial charge < -0.3 is 15.1 Å². The second-order valence-corrected chi connectivity index (χ2v) is 17.9. The van der Waals surface area contributed by atoms with Gasteiger partial charge in [-0.1, -0.05) is 237 Å². The van der Waals surface area contributed by atoms with Gasteiger partial charge in [0.1, 0.15) is 17.2 Å². The molecule has 0 atom stereocenters. The Morgan fingerprint density at radius 3 is 1.25 bits per heavy atom. The van der Waals surface area contributed by atoms with E-state index in [4.69, 9.17) is 0 Å². The topological polar surface area (TPSA) is 85.5 Å². The number of carbonyl (C=O) groups is 1. The average Bonchev–Trinajstić information content (AvgIpc) is 3.26. The van der Waals surface area contributed by atoms with Gasteiger partial charge in [0.05, 0.1) is 11.3 Å². The number of hydrogen-bond acceptors (Lipinski definition) is 5. The molecule has 0 aromatic heterocycles. The van der Waals surface area contributed by atoms with E-state index in [9.17, 15) is 15.0 Å². The van der Waals surface area contributed by atoms with Crippen LogP contribution in [0.3, 0.4) is 0 Å². The summed E-state index contributed by atoms with van der Waals surface area (Å²) < 4.78 is 0. The van der Waals surface area contributed by atoms with Gasteiger partial charge in [-0.15, -0.1) is 10.2 Å². The van der Waals surface area contributed by atoms with Crippen molar-refractivity contribution < 1.29 is 15.0 Å². The Bertz CT molecular complexity index is 1550. The average molecular weight is 826 g/mol. The molecule has 336 valence electrons. The van der Waals surface area contributed by atoms with Gasteiger partial charge >= 0.3 is 0 Å². The molecule has 0 saturated carbocycles. The number of carbonyl (C=O) groups excluding carboxylic acids is 1. The molecule has 60 heavy (non-hydrogen) atoms. The van der Waals surface area contributed by atoms with Crippen LogP contribution < -0.4 is 0 Å². The van der Waals surface area contributed by atoms with Crippen molar-refractivity contribution in [1.29, 1.82) is 0 Å². The predicted molar refractivity (Wildman–Crippen MR) is 258 cm³/mol. The van der Waals surface area contributed by atoms with E-state index in [-0.39, 0.29) is 23.0 Å². The lowest BCUT2D eigenvalue weighted by Gasteiger charge is -2.24. The molecule has 3 aromatic carbocycles. The summed E-state index contributed by atoms with van der Waals surface area (Å²) in [5.41, 5.74) is 2.10. The van der Waals surface area contributed by atoms with Crippen molar-refractivity contribution in [2.75, 3.05) is 13.1 Å². The number of benzene rings is 3. The van der Waals surface area contributed by atoms with E-state index in [1.165, 1.54) is 180 Å². The smallest absolute Gasteiger partial charge is 0.257 e. The summed E-state index contributed by atoms with van der Waals surface area (Å²) in [5, 5.41) is 32.1. The van der Waals surface area contributed by atoms with Crippen LogP contribution in [0.4, 0.5) is 11.4 Å². The quantitative estimate of drug-likeness (QED) is 0.0448. The Balaban J connectivity index is 1.49. The zero-order valence-electron chi connectivity index (χ0n) is 38.8. The van der Waals surface area contributed by atoms with Gasteiger partial charge in [0.2, 0.25) is 0 Å². The Labute approximate surface area is 367 Å². The molecule has 3 rings (SSSR count). The number of phenolic OH excluding ortho intramolecular Hbond substituents is 2. The van der Waals surface area contributed by atoms with Crippen LogP contribution >= 0.6 is 0 Å². The molecule has 6 nitrogen and oxygen atoms in total. The van der Waals surface area contributed by atoms with Gasteiger partial charge in [-0.3, -0.25) is 4.79 Å². The van der Waals surface area contributed by atoms with Crippen molar-refractivity contribution in [1.82, 2.24) is 4.90 Å². The lowest BCUT2D eigenvalue weighted by Crippen LogP contribution is -2.33. The van der Waals surface area contributed by atoms with E-state index < -0.39 is 0 Å². The number of aryl methyl sites for hydroxylation is 1. The Kier molecular flexibility index (Phi) is 28.2. The van der Waals surface area contributed by atoms with Crippen molar-refractivity contribution in [3.63, 3.8) is 0 Å². The van der Waals surface area contributed by atoms with Crippen LogP contribution in [0.25, 0.3) is 10.8 Å². The maximum atomic E-state index is 14.4. The van der Waals surface area contributed by atoms with Crippen molar-refractivity contribution >= 4 is 28.1 Å². The van der Waals surface area contributed by atoms with Crippen molar-refractivity contribution in [3.8, 4) is 11.5 Å². The lowest BCUT2D eigenvalue weighted by atomic mass is 10.0. The van der Waals surface area contributed by atoms with Crippen molar-refractivity contribution in [2.24, 2.45) is 10.2 Å². The molecule has 0 aliphatic rings. The number of azo groups is 1. The molecule has 0 saturated heterocycles. The summed E-state index contributed by atoms with van der Waals surface area (Å²) in [4.78, 5) is 16.3. The first kappa shape index (κ1) is 50.9. The minimum absolute atomic E-state index is 0.00287. The van der Waals surface area contributed by atoms with Crippen molar-refractivity contribution in [3.05, 3.63) is 59.7 Å². The van der Waals surface area contributed by atoms with Gasteiger partial charge in [0.25, 0.3) is 5.91 Å². The number of amides is 1. The third kappa shape index (κ3) is 21.4. The normalized spacial score (nSPS) is 11.7. The first-order valence-electron chi connectivity index (χ1n) is 25.2. The molecule has 2 N–H and O–H groups in total. The van der Waals surface area contributed by atoms with Gasteiger partial charge in [-0.2, -0.15) is 0 Å². The molecule has 0 heterocycles. The Morgan fingerprint density at radius 1 is 0.467 bits per heavy atom. The van der Waals surface area contributed by atoms with E-state index in [0.717, 1.165) is 31.2 Å². The standard InChI is InChI=1S/C54H87N3O3/c1-4-6-8-10-12-14-16-18-20-22-24-26-28-30-32-36-42-57(43-37-33-31-29-27-25-23-21-19-17-15-13-11-9-7-5-2)54(60)49-45-50(47-38-34-35-39-48(47)53(49)59)55-56-51-44-46(3)40-41-52(51)58/h34-35,38-41,44-45,58-59H,4-33,36-37,42-43H2,1-3H3/b56-55+. The van der Waals surface area contributed by atoms with Gasteiger partial charge in [0.15, 0.2) is 0 Å². The second-order valence-electron chi connectivity index (χ2n) is 17.9. The first-order chi connectivity index (χ1) is 29.5. The number of rotatable bonds is 37. The number of hydrogen-bond donors (Lipinski definition) is 2. The van der Waals surface area contributed by atoms with Crippen LogP contribution in [0.2, 0.25) is 0 Å². The van der Waals surface area contributed by atoms with Crippen LogP contribution in [0.5, 0.6) is 11.5 Å². The fourth-order valence-electron chi connectivity index (χ4n) is 8.59. The summed E-state index contributed by atoms with van der Waals surface area (Å²) in [6, 6.07) is 14.4. The monoisotopic (exact) mass is 826 g/mol. The third-order valence-corrected chi connectivity index (χ3v) is 12.5. The third-order valence-electron chi connectivity index (χ3n) is 12.5. The zero-order chi connectivity index (χ0) is 42.9. The molecule has 0 aliphatic carbocycles. The van der Waals surface area contributed by atoms with Crippen LogP contribution in [0, 0.1) is 6.92 Å². The number of phenols is 2. The molecule has 0 bridgehead atoms. The summed E-state index contributed by atoms with van der Waals surface area (Å²) in [7, 11) is 0. The molecular formula is C54H87N3O3. The molecule has 0 aliphatic heterocycles. The molecule has 0 spiro atoms. The Hall–Kier alpha value is -3.41. The largest absolute Gasteiger partial charge is 0.506 e. The molecular weight excluding hydrogens is 739 g/mol. The fourth-order valence-corrected chi connectivity index (χ4v) is 8.59. The minimum atomic E-state index is -0.143. The van der Waals surface area contributed by atoms with Gasteiger partial charge in [-0.25, -0.2) is 0 Å². The van der Waals surface area contributed by atoms with E-state index in [1.54, 1.807) is 18.2 Å². The van der Waals surface area contributed by atoms with E-state index >= 15 is 0 Å². The van der Waals surface area contributed by atoms with Crippen LogP contribution in [0.1, 0.15) is 235 Å². The maximum Gasteiger partial charge on any atom is 0.257 e. The highest BCUT2D eigenvalue weighted by Gasteiger charge is 2.22. The van der Waals surface area contributed by atoms with Crippen LogP contribution in [0.15, 0.2) is 58.8 Å². The number of fused-ring (bicyclic) bond motifs is 1. The molecule has 0 fully saturated rings. The highest BCUT2D eigenvalue weighted by atomic mass is 16.3. The Morgan fingerprint density at radius 2 is 0.833 bits per heavy atom. The molecule has 0 radical (unpaired) electrons. The number of aromatic hydroxyl groups is 2. The van der Waals surface area contributed by atoms with Gasteiger partial charge in [0, 0.05) is 23.9 Å². The van der Waals surface area contributed by atoms with Crippen LogP contribution in [-0.2, 0) is 0 Å².